The number of thioether (sulfide) groups is 1. The van der Waals surface area contributed by atoms with Gasteiger partial charge in [-0.15, -0.1) is 5.10 Å². The number of amides is 1. The maximum atomic E-state index is 11.7. The van der Waals surface area contributed by atoms with Crippen LogP contribution in [0.1, 0.15) is 11.1 Å². The van der Waals surface area contributed by atoms with Gasteiger partial charge in [0.2, 0.25) is 0 Å². The molecule has 24 heavy (non-hydrogen) atoms. The highest BCUT2D eigenvalue weighted by Gasteiger charge is 2.25. The fraction of sp³-hybridized carbons (Fsp3) is 0.200. The molecule has 1 amide bonds. The molecule has 1 aromatic carbocycles. The third kappa shape index (κ3) is 3.68. The monoisotopic (exact) mass is 409 g/mol. The van der Waals surface area contributed by atoms with Crippen LogP contribution in [0.5, 0.6) is 5.75 Å². The first-order valence-electron chi connectivity index (χ1n) is 6.92. The van der Waals surface area contributed by atoms with E-state index in [1.807, 2.05) is 12.1 Å². The molecule has 0 unspecified atom stereocenters. The average molecular weight is 410 g/mol. The fourth-order valence-corrected chi connectivity index (χ4v) is 3.52. The Morgan fingerprint density at radius 2 is 2.33 bits per heavy atom. The first kappa shape index (κ1) is 16.7. The molecule has 2 heterocycles. The number of hydrogen-bond donors (Lipinski definition) is 1. The molecular formula is C15H12BrN3O4S. The summed E-state index contributed by atoms with van der Waals surface area (Å²) in [6.45, 7) is 0.675. The highest BCUT2D eigenvalue weighted by atomic mass is 79.9. The number of nitrogens with zero attached hydrogens (tertiary/aromatic N) is 2. The van der Waals surface area contributed by atoms with Gasteiger partial charge in [-0.25, -0.2) is 4.79 Å². The van der Waals surface area contributed by atoms with Crippen LogP contribution in [-0.2, 0) is 20.7 Å². The molecule has 3 rings (SSSR count). The van der Waals surface area contributed by atoms with Crippen molar-refractivity contribution >= 4 is 51.0 Å². The number of methoxy groups -OCH3 is 1. The average Bonchev–Trinajstić information content (AvgIpc) is 3.15. The Balaban J connectivity index is 1.71. The van der Waals surface area contributed by atoms with Crippen molar-refractivity contribution < 1.29 is 19.1 Å². The lowest BCUT2D eigenvalue weighted by Gasteiger charge is -2.02. The van der Waals surface area contributed by atoms with Gasteiger partial charge in [0.25, 0.3) is 5.91 Å². The van der Waals surface area contributed by atoms with E-state index in [9.17, 15) is 9.59 Å². The molecule has 1 aromatic rings. The van der Waals surface area contributed by atoms with Gasteiger partial charge in [0, 0.05) is 12.5 Å². The Morgan fingerprint density at radius 3 is 3.12 bits per heavy atom. The molecular weight excluding hydrogens is 398 g/mol. The maximum Gasteiger partial charge on any atom is 0.331 e. The van der Waals surface area contributed by atoms with Gasteiger partial charge >= 0.3 is 5.97 Å². The van der Waals surface area contributed by atoms with Gasteiger partial charge in [0.05, 0.1) is 29.3 Å². The molecule has 0 atom stereocenters. The van der Waals surface area contributed by atoms with Gasteiger partial charge in [-0.3, -0.25) is 10.1 Å². The van der Waals surface area contributed by atoms with Crippen molar-refractivity contribution in [3.8, 4) is 5.75 Å². The molecule has 0 aromatic heterocycles. The summed E-state index contributed by atoms with van der Waals surface area (Å²) in [4.78, 5) is 23.1. The summed E-state index contributed by atoms with van der Waals surface area (Å²) in [6, 6.07) is 3.87. The summed E-state index contributed by atoms with van der Waals surface area (Å²) in [5, 5.41) is 10.8. The first-order chi connectivity index (χ1) is 11.6. The van der Waals surface area contributed by atoms with Gasteiger partial charge in [0.1, 0.15) is 5.75 Å². The molecule has 7 nitrogen and oxygen atoms in total. The summed E-state index contributed by atoms with van der Waals surface area (Å²) < 4.78 is 10.9. The number of hydrogen-bond acceptors (Lipinski definition) is 7. The number of rotatable bonds is 3. The molecule has 0 radical (unpaired) electrons. The number of esters is 1. The Morgan fingerprint density at radius 1 is 1.50 bits per heavy atom. The van der Waals surface area contributed by atoms with Crippen molar-refractivity contribution in [3.05, 3.63) is 38.7 Å². The van der Waals surface area contributed by atoms with Crippen molar-refractivity contribution in [2.45, 2.75) is 6.42 Å². The van der Waals surface area contributed by atoms with E-state index in [1.165, 1.54) is 7.11 Å². The highest BCUT2D eigenvalue weighted by molar-refractivity contribution is 9.10. The van der Waals surface area contributed by atoms with Crippen molar-refractivity contribution in [1.82, 2.24) is 5.32 Å². The van der Waals surface area contributed by atoms with E-state index in [2.05, 4.69) is 36.2 Å². The summed E-state index contributed by atoms with van der Waals surface area (Å²) in [7, 11) is 1.25. The molecule has 2 aliphatic heterocycles. The minimum Gasteiger partial charge on any atom is -0.492 e. The van der Waals surface area contributed by atoms with Gasteiger partial charge in [-0.1, -0.05) is 0 Å². The zero-order chi connectivity index (χ0) is 17.1. The van der Waals surface area contributed by atoms with E-state index in [0.717, 1.165) is 45.6 Å². The number of halogens is 1. The minimum absolute atomic E-state index is 0.216. The fourth-order valence-electron chi connectivity index (χ4n) is 2.15. The molecule has 1 N–H and O–H groups in total. The van der Waals surface area contributed by atoms with Gasteiger partial charge in [0.15, 0.2) is 5.17 Å². The van der Waals surface area contributed by atoms with E-state index in [4.69, 9.17) is 4.74 Å². The highest BCUT2D eigenvalue weighted by Crippen LogP contribution is 2.34. The Kier molecular flexibility index (Phi) is 5.00. The van der Waals surface area contributed by atoms with Gasteiger partial charge < -0.3 is 9.47 Å². The predicted molar refractivity (Wildman–Crippen MR) is 94.2 cm³/mol. The summed E-state index contributed by atoms with van der Waals surface area (Å²) in [5.74, 6) is -0.131. The standard InChI is InChI=1S/C15H12BrN3O4S/c1-22-12(20)6-11-14(21)18-15(24-11)19-17-7-8-4-9-2-3-23-13(9)10(16)5-8/h4-7H,2-3H2,1H3,(H,18,19,21)/b11-6+,17-7?. The van der Waals surface area contributed by atoms with Gasteiger partial charge in [-0.05, 0) is 51.0 Å². The molecule has 1 fully saturated rings. The van der Waals surface area contributed by atoms with E-state index in [-0.39, 0.29) is 4.91 Å². The predicted octanol–water partition coefficient (Wildman–Crippen LogP) is 1.99. The van der Waals surface area contributed by atoms with E-state index in [1.54, 1.807) is 6.21 Å². The Bertz CT molecular complexity index is 804. The van der Waals surface area contributed by atoms with Gasteiger partial charge in [-0.2, -0.15) is 5.10 Å². The maximum absolute atomic E-state index is 11.7. The van der Waals surface area contributed by atoms with E-state index >= 15 is 0 Å². The van der Waals surface area contributed by atoms with Crippen molar-refractivity contribution in [1.29, 1.82) is 0 Å². The normalized spacial score (nSPS) is 19.7. The van der Waals surface area contributed by atoms with Crippen LogP contribution < -0.4 is 10.1 Å². The molecule has 0 bridgehead atoms. The SMILES string of the molecule is COC(=O)/C=C1/S/C(=N\N=Cc2cc(Br)c3c(c2)CCO3)NC1=O. The zero-order valence-corrected chi connectivity index (χ0v) is 14.9. The summed E-state index contributed by atoms with van der Waals surface area (Å²) in [6.07, 6.45) is 3.56. The molecule has 0 saturated carbocycles. The second-order valence-corrected chi connectivity index (χ2v) is 6.71. The molecule has 1 saturated heterocycles. The van der Waals surface area contributed by atoms with Crippen LogP contribution >= 0.6 is 27.7 Å². The van der Waals surface area contributed by atoms with Crippen LogP contribution in [0.15, 0.2) is 37.8 Å². The van der Waals surface area contributed by atoms with Crippen molar-refractivity contribution in [2.75, 3.05) is 13.7 Å². The first-order valence-corrected chi connectivity index (χ1v) is 8.53. The summed E-state index contributed by atoms with van der Waals surface area (Å²) in [5.41, 5.74) is 1.99. The number of fused-ring (bicyclic) bond motifs is 1. The lowest BCUT2D eigenvalue weighted by atomic mass is 10.1. The van der Waals surface area contributed by atoms with Crippen LogP contribution in [0.2, 0.25) is 0 Å². The number of carbonyl (C=O) groups is 2. The topological polar surface area (TPSA) is 89.3 Å². The van der Waals surface area contributed by atoms with Crippen LogP contribution in [-0.4, -0.2) is 37.0 Å². The van der Waals surface area contributed by atoms with Crippen molar-refractivity contribution in [3.63, 3.8) is 0 Å². The third-order valence-corrected chi connectivity index (χ3v) is 4.71. The zero-order valence-electron chi connectivity index (χ0n) is 12.5. The van der Waals surface area contributed by atoms with Crippen LogP contribution in [0.25, 0.3) is 0 Å². The second-order valence-electron chi connectivity index (χ2n) is 4.83. The number of benzene rings is 1. The molecule has 0 aliphatic carbocycles. The third-order valence-electron chi connectivity index (χ3n) is 3.22. The smallest absolute Gasteiger partial charge is 0.331 e. The quantitative estimate of drug-likeness (QED) is 0.356. The van der Waals surface area contributed by atoms with E-state index in [0.29, 0.717) is 11.8 Å². The number of amidine groups is 1. The molecule has 124 valence electrons. The lowest BCUT2D eigenvalue weighted by molar-refractivity contribution is -0.135. The van der Waals surface area contributed by atoms with Crippen LogP contribution in [0.4, 0.5) is 0 Å². The van der Waals surface area contributed by atoms with Crippen LogP contribution in [0, 0.1) is 0 Å². The second kappa shape index (κ2) is 7.18. The summed E-state index contributed by atoms with van der Waals surface area (Å²) >= 11 is 4.49. The number of ether oxygens (including phenoxy) is 2. The minimum atomic E-state index is -0.595. The van der Waals surface area contributed by atoms with Crippen molar-refractivity contribution in [2.24, 2.45) is 10.2 Å². The molecule has 2 aliphatic rings. The Hall–Kier alpha value is -2.13. The number of nitrogens with one attached hydrogen (secondary N) is 1. The lowest BCUT2D eigenvalue weighted by Crippen LogP contribution is -2.19. The number of carbonyl (C=O) groups excluding carboxylic acids is 2. The van der Waals surface area contributed by atoms with Crippen LogP contribution in [0.3, 0.4) is 0 Å². The molecule has 9 heteroatoms. The Labute approximate surface area is 150 Å². The molecule has 0 spiro atoms. The largest absolute Gasteiger partial charge is 0.492 e. The van der Waals surface area contributed by atoms with E-state index < -0.39 is 11.9 Å².